The van der Waals surface area contributed by atoms with Gasteiger partial charge < -0.3 is 20.3 Å². The van der Waals surface area contributed by atoms with Gasteiger partial charge in [-0.2, -0.15) is 0 Å². The number of amides is 3. The van der Waals surface area contributed by atoms with Crippen molar-refractivity contribution in [1.29, 1.82) is 0 Å². The Kier molecular flexibility index (Phi) is 5.73. The van der Waals surface area contributed by atoms with E-state index in [4.69, 9.17) is 4.74 Å². The molecule has 1 spiro atoms. The van der Waals surface area contributed by atoms with E-state index in [1.165, 1.54) is 12.5 Å². The van der Waals surface area contributed by atoms with Gasteiger partial charge in [-0.05, 0) is 49.6 Å². The fourth-order valence-corrected chi connectivity index (χ4v) is 5.38. The van der Waals surface area contributed by atoms with Gasteiger partial charge in [-0.25, -0.2) is 0 Å². The molecule has 0 unspecified atom stereocenters. The van der Waals surface area contributed by atoms with E-state index in [0.717, 1.165) is 18.5 Å². The Morgan fingerprint density at radius 1 is 1.15 bits per heavy atom. The molecule has 7 heteroatoms. The zero-order valence-corrected chi connectivity index (χ0v) is 19.4. The molecule has 3 heterocycles. The van der Waals surface area contributed by atoms with Gasteiger partial charge in [0.25, 0.3) is 0 Å². The molecule has 2 bridgehead atoms. The number of nitrogens with one attached hydrogen (secondary N) is 2. The zero-order valence-electron chi connectivity index (χ0n) is 19.4. The fourth-order valence-electron chi connectivity index (χ4n) is 5.38. The van der Waals surface area contributed by atoms with Gasteiger partial charge in [0.2, 0.25) is 17.7 Å². The molecule has 2 aromatic carbocycles. The molecule has 34 heavy (non-hydrogen) atoms. The number of hydrogen-bond acceptors (Lipinski definition) is 4. The number of carbonyl (C=O) groups is 3. The molecule has 2 N–H and O–H groups in total. The van der Waals surface area contributed by atoms with E-state index in [9.17, 15) is 14.4 Å². The Morgan fingerprint density at radius 2 is 1.88 bits per heavy atom. The third kappa shape index (κ3) is 4.01. The molecule has 0 radical (unpaired) electrons. The number of fused-ring (bicyclic) bond motifs is 1. The molecule has 3 aliphatic rings. The second-order valence-electron chi connectivity index (χ2n) is 9.49. The van der Waals surface area contributed by atoms with Gasteiger partial charge in [0.1, 0.15) is 5.60 Å². The largest absolute Gasteiger partial charge is 0.360 e. The minimum absolute atomic E-state index is 0.0132. The molecule has 0 saturated carbocycles. The summed E-state index contributed by atoms with van der Waals surface area (Å²) in [6, 6.07) is 17.3. The van der Waals surface area contributed by atoms with Crippen molar-refractivity contribution in [3.63, 3.8) is 0 Å². The molecule has 2 saturated heterocycles. The van der Waals surface area contributed by atoms with Crippen LogP contribution in [0.25, 0.3) is 0 Å². The Morgan fingerprint density at radius 3 is 2.59 bits per heavy atom. The van der Waals surface area contributed by atoms with Crippen molar-refractivity contribution in [2.75, 3.05) is 16.8 Å². The van der Waals surface area contributed by atoms with Crippen LogP contribution in [-0.4, -0.2) is 42.0 Å². The van der Waals surface area contributed by atoms with E-state index in [-0.39, 0.29) is 29.9 Å². The summed E-state index contributed by atoms with van der Waals surface area (Å²) < 4.78 is 6.24. The molecule has 0 aromatic heterocycles. The zero-order chi connectivity index (χ0) is 23.9. The van der Waals surface area contributed by atoms with E-state index in [1.54, 1.807) is 29.2 Å². The normalized spacial score (nSPS) is 27.5. The van der Waals surface area contributed by atoms with Gasteiger partial charge >= 0.3 is 0 Å². The molecule has 0 aliphatic carbocycles. The van der Waals surface area contributed by atoms with Gasteiger partial charge in [0, 0.05) is 24.3 Å². The second-order valence-corrected chi connectivity index (χ2v) is 9.49. The van der Waals surface area contributed by atoms with Crippen molar-refractivity contribution in [2.24, 2.45) is 11.8 Å². The monoisotopic (exact) mass is 459 g/mol. The molecule has 3 amide bonds. The molecule has 7 nitrogen and oxygen atoms in total. The smallest absolute Gasteiger partial charge is 0.234 e. The Bertz CT molecular complexity index is 1130. The van der Waals surface area contributed by atoms with E-state index >= 15 is 0 Å². The van der Waals surface area contributed by atoms with Crippen LogP contribution in [-0.2, 0) is 25.5 Å². The van der Waals surface area contributed by atoms with E-state index in [2.05, 4.69) is 22.8 Å². The van der Waals surface area contributed by atoms with Crippen LogP contribution in [0.5, 0.6) is 0 Å². The predicted octanol–water partition coefficient (Wildman–Crippen LogP) is 3.07. The molecule has 5 atom stereocenters. The standard InChI is InChI=1S/C27H29N3O4/c1-17(8-9-19-6-4-3-5-7-19)28-25(32)23-22-14-15-27(34-22)16-30(26(33)24(23)27)21-12-10-20(11-13-21)29-18(2)31/h3-7,10-15,17,22-24H,8-9,16H2,1-2H3,(H,28,32)(H,29,31)/t17-,22+,23-,24+,27-/m1/s1. The van der Waals surface area contributed by atoms with Gasteiger partial charge in [-0.1, -0.05) is 42.5 Å². The highest BCUT2D eigenvalue weighted by Crippen LogP contribution is 2.52. The molecule has 2 aromatic rings. The summed E-state index contributed by atoms with van der Waals surface area (Å²) in [6.07, 6.45) is 5.20. The predicted molar refractivity (Wildman–Crippen MR) is 129 cm³/mol. The van der Waals surface area contributed by atoms with Crippen molar-refractivity contribution in [3.8, 4) is 0 Å². The highest BCUT2D eigenvalue weighted by molar-refractivity contribution is 6.03. The van der Waals surface area contributed by atoms with E-state index in [0.29, 0.717) is 12.2 Å². The average molecular weight is 460 g/mol. The topological polar surface area (TPSA) is 87.7 Å². The fraction of sp³-hybridized carbons (Fsp3) is 0.370. The number of benzene rings is 2. The first-order valence-corrected chi connectivity index (χ1v) is 11.8. The molecular weight excluding hydrogens is 430 g/mol. The summed E-state index contributed by atoms with van der Waals surface area (Å²) in [5, 5.41) is 5.85. The summed E-state index contributed by atoms with van der Waals surface area (Å²) in [6.45, 7) is 3.82. The van der Waals surface area contributed by atoms with Gasteiger partial charge in [0.15, 0.2) is 0 Å². The number of anilines is 2. The van der Waals surface area contributed by atoms with Crippen LogP contribution in [0.1, 0.15) is 25.8 Å². The molecular formula is C27H29N3O4. The number of nitrogens with zero attached hydrogens (tertiary/aromatic N) is 1. The lowest BCUT2D eigenvalue weighted by Gasteiger charge is -2.25. The number of ether oxygens (including phenoxy) is 1. The van der Waals surface area contributed by atoms with Crippen LogP contribution in [0, 0.1) is 11.8 Å². The van der Waals surface area contributed by atoms with Crippen LogP contribution in [0.2, 0.25) is 0 Å². The summed E-state index contributed by atoms with van der Waals surface area (Å²) in [4.78, 5) is 39.8. The Labute approximate surface area is 199 Å². The number of aryl methyl sites for hydroxylation is 1. The van der Waals surface area contributed by atoms with Gasteiger partial charge in [-0.3, -0.25) is 14.4 Å². The van der Waals surface area contributed by atoms with Crippen molar-refractivity contribution in [1.82, 2.24) is 5.32 Å². The lowest BCUT2D eigenvalue weighted by molar-refractivity contribution is -0.132. The van der Waals surface area contributed by atoms with E-state index < -0.39 is 17.4 Å². The maximum absolute atomic E-state index is 13.5. The average Bonchev–Trinajstić information content (AvgIpc) is 3.47. The first-order valence-electron chi connectivity index (χ1n) is 11.8. The molecule has 176 valence electrons. The number of rotatable bonds is 7. The van der Waals surface area contributed by atoms with Crippen LogP contribution in [0.3, 0.4) is 0 Å². The van der Waals surface area contributed by atoms with Crippen molar-refractivity contribution in [2.45, 2.75) is 44.4 Å². The molecule has 5 rings (SSSR count). The minimum Gasteiger partial charge on any atom is -0.360 e. The lowest BCUT2D eigenvalue weighted by atomic mass is 9.76. The maximum atomic E-state index is 13.5. The SMILES string of the molecule is CC(=O)Nc1ccc(N2C[C@@]34C=C[C@H](O3)[C@@H](C(=O)N[C@H](C)CCc3ccccc3)[C@H]4C2=O)cc1. The van der Waals surface area contributed by atoms with Crippen molar-refractivity contribution < 1.29 is 19.1 Å². The maximum Gasteiger partial charge on any atom is 0.234 e. The molecule has 3 aliphatic heterocycles. The summed E-state index contributed by atoms with van der Waals surface area (Å²) in [7, 11) is 0. The van der Waals surface area contributed by atoms with Crippen LogP contribution < -0.4 is 15.5 Å². The number of hydrogen-bond donors (Lipinski definition) is 2. The van der Waals surface area contributed by atoms with Gasteiger partial charge in [-0.15, -0.1) is 0 Å². The first kappa shape index (κ1) is 22.3. The highest BCUT2D eigenvalue weighted by Gasteiger charge is 2.67. The summed E-state index contributed by atoms with van der Waals surface area (Å²) in [5.74, 6) is -1.46. The minimum atomic E-state index is -0.770. The van der Waals surface area contributed by atoms with Crippen LogP contribution in [0.4, 0.5) is 11.4 Å². The first-order chi connectivity index (χ1) is 16.4. The molecule has 2 fully saturated rings. The third-order valence-corrected chi connectivity index (χ3v) is 7.00. The second kappa shape index (κ2) is 8.72. The van der Waals surface area contributed by atoms with E-state index in [1.807, 2.05) is 37.3 Å². The lowest BCUT2D eigenvalue weighted by Crippen LogP contribution is -2.46. The van der Waals surface area contributed by atoms with Crippen LogP contribution >= 0.6 is 0 Å². The quantitative estimate of drug-likeness (QED) is 0.623. The highest BCUT2D eigenvalue weighted by atomic mass is 16.5. The van der Waals surface area contributed by atoms with Gasteiger partial charge in [0.05, 0.1) is 24.5 Å². The Balaban J connectivity index is 1.27. The van der Waals surface area contributed by atoms with Crippen LogP contribution in [0.15, 0.2) is 66.7 Å². The van der Waals surface area contributed by atoms with Crippen molar-refractivity contribution in [3.05, 3.63) is 72.3 Å². The Hall–Kier alpha value is -3.45. The third-order valence-electron chi connectivity index (χ3n) is 7.00. The van der Waals surface area contributed by atoms with Crippen molar-refractivity contribution >= 4 is 29.1 Å². The number of carbonyl (C=O) groups excluding carboxylic acids is 3. The summed E-state index contributed by atoms with van der Waals surface area (Å²) >= 11 is 0. The summed E-state index contributed by atoms with van der Waals surface area (Å²) in [5.41, 5.74) is 1.85.